The van der Waals surface area contributed by atoms with E-state index in [4.69, 9.17) is 22.3 Å². The van der Waals surface area contributed by atoms with Gasteiger partial charge in [-0.3, -0.25) is 4.84 Å². The van der Waals surface area contributed by atoms with E-state index >= 15 is 0 Å². The van der Waals surface area contributed by atoms with Gasteiger partial charge in [0.25, 0.3) is 0 Å². The smallest absolute Gasteiger partial charge is 0.131 e. The average molecular weight is 201 g/mol. The van der Waals surface area contributed by atoms with Crippen molar-refractivity contribution < 1.29 is 4.84 Å². The van der Waals surface area contributed by atoms with E-state index in [2.05, 4.69) is 4.98 Å². The summed E-state index contributed by atoms with van der Waals surface area (Å²) in [6.45, 7) is 5.64. The summed E-state index contributed by atoms with van der Waals surface area (Å²) in [5.41, 5.74) is 1.31. The van der Waals surface area contributed by atoms with Crippen LogP contribution in [0.1, 0.15) is 25.0 Å². The molecule has 3 nitrogen and oxygen atoms in total. The second-order valence-corrected chi connectivity index (χ2v) is 3.82. The third kappa shape index (κ3) is 2.18. The van der Waals surface area contributed by atoms with Crippen molar-refractivity contribution in [3.8, 4) is 0 Å². The van der Waals surface area contributed by atoms with Gasteiger partial charge < -0.3 is 0 Å². The summed E-state index contributed by atoms with van der Waals surface area (Å²) in [7, 11) is 0. The molecule has 0 saturated carbocycles. The zero-order chi connectivity index (χ0) is 10.1. The van der Waals surface area contributed by atoms with Crippen LogP contribution >= 0.6 is 11.6 Å². The van der Waals surface area contributed by atoms with Gasteiger partial charge in [0, 0.05) is 11.8 Å². The molecule has 0 aliphatic rings. The van der Waals surface area contributed by atoms with Crippen molar-refractivity contribution in [2.24, 2.45) is 5.90 Å². The largest absolute Gasteiger partial charge is 0.294 e. The van der Waals surface area contributed by atoms with Gasteiger partial charge in [0.1, 0.15) is 10.8 Å². The van der Waals surface area contributed by atoms with Crippen molar-refractivity contribution in [2.45, 2.75) is 26.4 Å². The highest BCUT2D eigenvalue weighted by Crippen LogP contribution is 2.24. The first-order valence-electron chi connectivity index (χ1n) is 3.98. The van der Waals surface area contributed by atoms with Gasteiger partial charge in [-0.2, -0.15) is 0 Å². The van der Waals surface area contributed by atoms with Gasteiger partial charge in [-0.05, 0) is 32.4 Å². The van der Waals surface area contributed by atoms with Gasteiger partial charge in [0.05, 0.1) is 0 Å². The fraction of sp³-hybridized carbons (Fsp3) is 0.444. The molecule has 2 N–H and O–H groups in total. The SMILES string of the molecule is Cc1cc(C(C)(C)ON)cnc1Cl. The van der Waals surface area contributed by atoms with Gasteiger partial charge in [-0.15, -0.1) is 0 Å². The molecule has 0 aliphatic carbocycles. The van der Waals surface area contributed by atoms with Crippen LogP contribution in [0.25, 0.3) is 0 Å². The van der Waals surface area contributed by atoms with Gasteiger partial charge in [-0.25, -0.2) is 10.9 Å². The number of aromatic nitrogens is 1. The summed E-state index contributed by atoms with van der Waals surface area (Å²) in [5, 5.41) is 0.511. The molecule has 0 saturated heterocycles. The van der Waals surface area contributed by atoms with Crippen LogP contribution in [0.3, 0.4) is 0 Å². The van der Waals surface area contributed by atoms with Crippen molar-refractivity contribution in [3.05, 3.63) is 28.5 Å². The lowest BCUT2D eigenvalue weighted by atomic mass is 9.99. The molecule has 1 heterocycles. The molecule has 0 fully saturated rings. The predicted molar refractivity (Wildman–Crippen MR) is 52.3 cm³/mol. The van der Waals surface area contributed by atoms with Crippen LogP contribution in [0.5, 0.6) is 0 Å². The van der Waals surface area contributed by atoms with E-state index in [1.165, 1.54) is 0 Å². The topological polar surface area (TPSA) is 48.1 Å². The number of aryl methyl sites for hydroxylation is 1. The molecule has 0 aliphatic heterocycles. The molecule has 0 bridgehead atoms. The first-order chi connectivity index (χ1) is 5.97. The highest BCUT2D eigenvalue weighted by atomic mass is 35.5. The van der Waals surface area contributed by atoms with Crippen LogP contribution in [-0.4, -0.2) is 4.98 Å². The van der Waals surface area contributed by atoms with Crippen LogP contribution < -0.4 is 5.90 Å². The van der Waals surface area contributed by atoms with Gasteiger partial charge >= 0.3 is 0 Å². The Morgan fingerprint density at radius 2 is 2.15 bits per heavy atom. The first kappa shape index (κ1) is 10.4. The number of rotatable bonds is 2. The summed E-state index contributed by atoms with van der Waals surface area (Å²) in [6, 6.07) is 1.92. The zero-order valence-corrected chi connectivity index (χ0v) is 8.72. The van der Waals surface area contributed by atoms with E-state index in [1.807, 2.05) is 26.8 Å². The quantitative estimate of drug-likeness (QED) is 0.588. The third-order valence-corrected chi connectivity index (χ3v) is 2.40. The Morgan fingerprint density at radius 1 is 1.54 bits per heavy atom. The highest BCUT2D eigenvalue weighted by molar-refractivity contribution is 6.30. The molecule has 72 valence electrons. The summed E-state index contributed by atoms with van der Waals surface area (Å²) in [5.74, 6) is 5.17. The van der Waals surface area contributed by atoms with Crippen LogP contribution in [0.2, 0.25) is 5.15 Å². The lowest BCUT2D eigenvalue weighted by Crippen LogP contribution is -2.25. The Hall–Kier alpha value is -0.640. The van der Waals surface area contributed by atoms with Crippen LogP contribution in [-0.2, 0) is 10.4 Å². The zero-order valence-electron chi connectivity index (χ0n) is 7.97. The molecule has 1 aromatic heterocycles. The van der Waals surface area contributed by atoms with Gasteiger partial charge in [-0.1, -0.05) is 11.6 Å². The second-order valence-electron chi connectivity index (χ2n) is 3.46. The summed E-state index contributed by atoms with van der Waals surface area (Å²) in [4.78, 5) is 8.86. The summed E-state index contributed by atoms with van der Waals surface area (Å²) in [6.07, 6.45) is 1.67. The normalized spacial score (nSPS) is 11.8. The van der Waals surface area contributed by atoms with Gasteiger partial charge in [0.2, 0.25) is 0 Å². The number of hydrogen-bond acceptors (Lipinski definition) is 3. The average Bonchev–Trinajstić information content (AvgIpc) is 2.09. The summed E-state index contributed by atoms with van der Waals surface area (Å²) < 4.78 is 0. The molecule has 0 aromatic carbocycles. The van der Waals surface area contributed by atoms with Crippen LogP contribution in [0.4, 0.5) is 0 Å². The van der Waals surface area contributed by atoms with Crippen LogP contribution in [0.15, 0.2) is 12.3 Å². The highest BCUT2D eigenvalue weighted by Gasteiger charge is 2.21. The molecular weight excluding hydrogens is 188 g/mol. The fourth-order valence-electron chi connectivity index (χ4n) is 0.955. The standard InChI is InChI=1S/C9H13ClN2O/c1-6-4-7(5-12-8(6)10)9(2,3)13-11/h4-5H,11H2,1-3H3. The molecule has 0 atom stereocenters. The Kier molecular flexibility index (Phi) is 2.91. The minimum absolute atomic E-state index is 0.511. The molecule has 0 amide bonds. The van der Waals surface area contributed by atoms with E-state index in [-0.39, 0.29) is 0 Å². The molecule has 13 heavy (non-hydrogen) atoms. The lowest BCUT2D eigenvalue weighted by molar-refractivity contribution is -0.0238. The Labute approximate surface area is 82.8 Å². The van der Waals surface area contributed by atoms with Crippen molar-refractivity contribution in [1.82, 2.24) is 4.98 Å². The molecule has 0 unspecified atom stereocenters. The summed E-state index contributed by atoms with van der Waals surface area (Å²) >= 11 is 5.79. The maximum atomic E-state index is 5.79. The van der Waals surface area contributed by atoms with Gasteiger partial charge in [0.15, 0.2) is 0 Å². The number of nitrogens with zero attached hydrogens (tertiary/aromatic N) is 1. The minimum atomic E-state index is -0.525. The molecule has 1 aromatic rings. The maximum Gasteiger partial charge on any atom is 0.131 e. The second kappa shape index (κ2) is 3.62. The Bertz CT molecular complexity index is 312. The first-order valence-corrected chi connectivity index (χ1v) is 4.35. The van der Waals surface area contributed by atoms with Crippen molar-refractivity contribution >= 4 is 11.6 Å². The minimum Gasteiger partial charge on any atom is -0.294 e. The van der Waals surface area contributed by atoms with Crippen molar-refractivity contribution in [1.29, 1.82) is 0 Å². The molecule has 4 heteroatoms. The Balaban J connectivity index is 3.10. The number of pyridine rings is 1. The maximum absolute atomic E-state index is 5.79. The predicted octanol–water partition coefficient (Wildman–Crippen LogP) is 2.17. The number of hydrogen-bond donors (Lipinski definition) is 1. The molecule has 0 spiro atoms. The van der Waals surface area contributed by atoms with E-state index in [0.717, 1.165) is 11.1 Å². The van der Waals surface area contributed by atoms with E-state index in [9.17, 15) is 0 Å². The third-order valence-electron chi connectivity index (χ3n) is 2.00. The van der Waals surface area contributed by atoms with E-state index in [1.54, 1.807) is 6.20 Å². The fourth-order valence-corrected chi connectivity index (χ4v) is 1.06. The number of nitrogens with two attached hydrogens (primary N) is 1. The Morgan fingerprint density at radius 3 is 2.62 bits per heavy atom. The number of halogens is 1. The lowest BCUT2D eigenvalue weighted by Gasteiger charge is -2.22. The van der Waals surface area contributed by atoms with Crippen LogP contribution in [0, 0.1) is 6.92 Å². The van der Waals surface area contributed by atoms with E-state index < -0.39 is 5.60 Å². The molecule has 0 radical (unpaired) electrons. The van der Waals surface area contributed by atoms with Crippen molar-refractivity contribution in [2.75, 3.05) is 0 Å². The monoisotopic (exact) mass is 200 g/mol. The molecule has 1 rings (SSSR count). The van der Waals surface area contributed by atoms with E-state index in [0.29, 0.717) is 5.15 Å². The van der Waals surface area contributed by atoms with Crippen molar-refractivity contribution in [3.63, 3.8) is 0 Å². The molecular formula is C9H13ClN2O.